The molecule has 2 heterocycles. The fourth-order valence-corrected chi connectivity index (χ4v) is 4.72. The summed E-state index contributed by atoms with van der Waals surface area (Å²) in [6.07, 6.45) is 1.53. The van der Waals surface area contributed by atoms with Crippen LogP contribution in [0.5, 0.6) is 11.5 Å². The Kier molecular flexibility index (Phi) is 7.23. The van der Waals surface area contributed by atoms with Crippen LogP contribution in [0.3, 0.4) is 0 Å². The second-order valence-electron chi connectivity index (χ2n) is 8.64. The van der Waals surface area contributed by atoms with E-state index in [0.717, 1.165) is 24.3 Å². The molecule has 2 aliphatic rings. The Labute approximate surface area is 193 Å². The summed E-state index contributed by atoms with van der Waals surface area (Å²) in [6, 6.07) is 12.2. The van der Waals surface area contributed by atoms with Crippen molar-refractivity contribution in [2.75, 3.05) is 36.0 Å². The monoisotopic (exact) mass is 458 g/mol. The first-order valence-electron chi connectivity index (χ1n) is 11.5. The van der Waals surface area contributed by atoms with Gasteiger partial charge in [0.1, 0.15) is 23.4 Å². The predicted octanol–water partition coefficient (Wildman–Crippen LogP) is 3.69. The number of carboxylic acid groups (broad SMARTS) is 1. The third kappa shape index (κ3) is 5.68. The molecule has 2 fully saturated rings. The summed E-state index contributed by atoms with van der Waals surface area (Å²) in [7, 11) is 0. The van der Waals surface area contributed by atoms with Gasteiger partial charge in [0.05, 0.1) is 24.8 Å². The number of aliphatic carboxylic acids is 1. The van der Waals surface area contributed by atoms with Crippen molar-refractivity contribution < 1.29 is 28.9 Å². The Morgan fingerprint density at radius 1 is 1.12 bits per heavy atom. The van der Waals surface area contributed by atoms with Gasteiger partial charge in [0, 0.05) is 50.3 Å². The molecule has 2 aliphatic heterocycles. The van der Waals surface area contributed by atoms with Gasteiger partial charge >= 0.3 is 5.97 Å². The number of hydrogen-bond donors (Lipinski definition) is 2. The molecule has 0 saturated carbocycles. The first kappa shape index (κ1) is 23.2. The number of rotatable bonds is 8. The summed E-state index contributed by atoms with van der Waals surface area (Å²) in [5.74, 6) is 0.302. The van der Waals surface area contributed by atoms with E-state index in [1.807, 2.05) is 41.0 Å². The lowest BCUT2D eigenvalue weighted by molar-refractivity contribution is -0.137. The van der Waals surface area contributed by atoms with Crippen LogP contribution in [0.2, 0.25) is 0 Å². The van der Waals surface area contributed by atoms with E-state index >= 15 is 0 Å². The number of ether oxygens (including phenoxy) is 2. The zero-order valence-electron chi connectivity index (χ0n) is 18.8. The highest BCUT2D eigenvalue weighted by Crippen LogP contribution is 2.31. The molecule has 33 heavy (non-hydrogen) atoms. The molecule has 8 heteroatoms. The molecule has 2 aromatic rings. The van der Waals surface area contributed by atoms with Crippen LogP contribution in [0.15, 0.2) is 42.5 Å². The Morgan fingerprint density at radius 3 is 2.48 bits per heavy atom. The number of carbonyl (C=O) groups is 1. The number of aliphatic hydroxyl groups is 1. The topological polar surface area (TPSA) is 82.5 Å². The van der Waals surface area contributed by atoms with Crippen molar-refractivity contribution in [2.24, 2.45) is 0 Å². The minimum Gasteiger partial charge on any atom is -0.494 e. The van der Waals surface area contributed by atoms with Crippen molar-refractivity contribution in [3.05, 3.63) is 48.3 Å². The second kappa shape index (κ2) is 10.3. The van der Waals surface area contributed by atoms with E-state index in [9.17, 15) is 14.3 Å². The average molecular weight is 459 g/mol. The summed E-state index contributed by atoms with van der Waals surface area (Å²) in [5.41, 5.74) is 1.44. The van der Waals surface area contributed by atoms with E-state index in [4.69, 9.17) is 14.6 Å². The van der Waals surface area contributed by atoms with Crippen LogP contribution in [0.1, 0.15) is 32.6 Å². The van der Waals surface area contributed by atoms with Gasteiger partial charge in [-0.15, -0.1) is 0 Å². The van der Waals surface area contributed by atoms with E-state index in [2.05, 4.69) is 0 Å². The summed E-state index contributed by atoms with van der Waals surface area (Å²) in [4.78, 5) is 15.1. The second-order valence-corrected chi connectivity index (χ2v) is 8.64. The quantitative estimate of drug-likeness (QED) is 0.624. The van der Waals surface area contributed by atoms with Crippen LogP contribution in [0, 0.1) is 5.82 Å². The lowest BCUT2D eigenvalue weighted by Crippen LogP contribution is -2.38. The van der Waals surface area contributed by atoms with Gasteiger partial charge in [0.15, 0.2) is 0 Å². The molecule has 0 unspecified atom stereocenters. The smallest absolute Gasteiger partial charge is 0.305 e. The van der Waals surface area contributed by atoms with Crippen LogP contribution in [-0.2, 0) is 4.79 Å². The third-order valence-electron chi connectivity index (χ3n) is 6.29. The number of nitrogens with zero attached hydrogens (tertiary/aromatic N) is 2. The molecule has 0 aliphatic carbocycles. The number of halogens is 1. The van der Waals surface area contributed by atoms with Gasteiger partial charge in [0.2, 0.25) is 0 Å². The fraction of sp³-hybridized carbons (Fsp3) is 0.480. The summed E-state index contributed by atoms with van der Waals surface area (Å²) >= 11 is 0. The van der Waals surface area contributed by atoms with E-state index < -0.39 is 12.1 Å². The van der Waals surface area contributed by atoms with Gasteiger partial charge in [0.25, 0.3) is 0 Å². The zero-order valence-corrected chi connectivity index (χ0v) is 18.8. The normalized spacial score (nSPS) is 21.3. The number of aliphatic hydroxyl groups excluding tert-OH is 1. The highest BCUT2D eigenvalue weighted by atomic mass is 19.1. The zero-order chi connectivity index (χ0) is 23.4. The number of anilines is 2. The maximum absolute atomic E-state index is 14.3. The Balaban J connectivity index is 1.33. The molecular weight excluding hydrogens is 427 g/mol. The van der Waals surface area contributed by atoms with Crippen LogP contribution in [0.4, 0.5) is 15.8 Å². The summed E-state index contributed by atoms with van der Waals surface area (Å²) in [5, 5.41) is 19.1. The van der Waals surface area contributed by atoms with E-state index in [0.29, 0.717) is 44.1 Å². The highest BCUT2D eigenvalue weighted by molar-refractivity contribution is 5.69. The van der Waals surface area contributed by atoms with Crippen LogP contribution in [0.25, 0.3) is 0 Å². The molecule has 0 aromatic heterocycles. The largest absolute Gasteiger partial charge is 0.494 e. The third-order valence-corrected chi connectivity index (χ3v) is 6.29. The van der Waals surface area contributed by atoms with Crippen LogP contribution in [-0.4, -0.2) is 60.7 Å². The van der Waals surface area contributed by atoms with Crippen LogP contribution < -0.4 is 19.3 Å². The minimum absolute atomic E-state index is 0.00194. The number of piperidine rings is 1. The molecule has 2 N–H and O–H groups in total. The standard InChI is InChI=1S/C25H31FN2O5/c1-2-32-22-7-8-23(26)24(15-22)27-11-9-21(10-12-27)33-20-5-3-17(4-6-20)28-16-19(29)13-18(28)14-25(30)31/h3-8,15,18-19,21,29H,2,9-14,16H2,1H3,(H,30,31)/t18-,19-/m1/s1. The summed E-state index contributed by atoms with van der Waals surface area (Å²) in [6.45, 7) is 4.26. The number of benzene rings is 2. The van der Waals surface area contributed by atoms with Gasteiger partial charge in [-0.1, -0.05) is 0 Å². The SMILES string of the molecule is CCOc1ccc(F)c(N2CCC(Oc3ccc(N4C[C@H](O)C[C@@H]4CC(=O)O)cc3)CC2)c1. The average Bonchev–Trinajstić information content (AvgIpc) is 3.15. The Hall–Kier alpha value is -3.00. The molecule has 7 nitrogen and oxygen atoms in total. The van der Waals surface area contributed by atoms with Gasteiger partial charge < -0.3 is 29.5 Å². The number of hydrogen-bond acceptors (Lipinski definition) is 6. The lowest BCUT2D eigenvalue weighted by Gasteiger charge is -2.34. The van der Waals surface area contributed by atoms with E-state index in [1.165, 1.54) is 6.07 Å². The molecule has 2 aromatic carbocycles. The molecule has 0 amide bonds. The Morgan fingerprint density at radius 2 is 1.82 bits per heavy atom. The number of β-amino-alcohol motifs (C(OH)–C–C–N with tert-alkyl or cyclic N) is 1. The van der Waals surface area contributed by atoms with E-state index in [-0.39, 0.29) is 24.4 Å². The van der Waals surface area contributed by atoms with Crippen molar-refractivity contribution in [3.8, 4) is 11.5 Å². The summed E-state index contributed by atoms with van der Waals surface area (Å²) < 4.78 is 26.0. The first-order valence-corrected chi connectivity index (χ1v) is 11.5. The van der Waals surface area contributed by atoms with Crippen molar-refractivity contribution in [1.82, 2.24) is 0 Å². The highest BCUT2D eigenvalue weighted by Gasteiger charge is 2.32. The molecule has 2 saturated heterocycles. The molecule has 178 valence electrons. The minimum atomic E-state index is -0.866. The van der Waals surface area contributed by atoms with Gasteiger partial charge in [-0.3, -0.25) is 4.79 Å². The molecule has 0 spiro atoms. The van der Waals surface area contributed by atoms with Crippen molar-refractivity contribution in [3.63, 3.8) is 0 Å². The first-order chi connectivity index (χ1) is 15.9. The van der Waals surface area contributed by atoms with Gasteiger partial charge in [-0.2, -0.15) is 0 Å². The van der Waals surface area contributed by atoms with Gasteiger partial charge in [-0.25, -0.2) is 4.39 Å². The van der Waals surface area contributed by atoms with Crippen LogP contribution >= 0.6 is 0 Å². The van der Waals surface area contributed by atoms with E-state index in [1.54, 1.807) is 12.1 Å². The molecular formula is C25H31FN2O5. The van der Waals surface area contributed by atoms with Crippen molar-refractivity contribution in [1.29, 1.82) is 0 Å². The lowest BCUT2D eigenvalue weighted by atomic mass is 10.1. The van der Waals surface area contributed by atoms with Crippen molar-refractivity contribution >= 4 is 17.3 Å². The molecule has 4 rings (SSSR count). The van der Waals surface area contributed by atoms with Crippen molar-refractivity contribution in [2.45, 2.75) is 50.9 Å². The maximum Gasteiger partial charge on any atom is 0.305 e. The predicted molar refractivity (Wildman–Crippen MR) is 124 cm³/mol. The van der Waals surface area contributed by atoms with Gasteiger partial charge in [-0.05, 0) is 49.7 Å². The molecule has 0 bridgehead atoms. The fourth-order valence-electron chi connectivity index (χ4n) is 4.72. The Bertz CT molecular complexity index is 946. The molecule has 0 radical (unpaired) electrons. The number of carboxylic acids is 1. The molecule has 2 atom stereocenters. The maximum atomic E-state index is 14.3.